The number of aromatic nitrogens is 1. The van der Waals surface area contributed by atoms with E-state index in [-0.39, 0.29) is 0 Å². The Bertz CT molecular complexity index is 581. The number of H-pyrrole nitrogens is 1. The summed E-state index contributed by atoms with van der Waals surface area (Å²) >= 11 is 5.20. The third-order valence-corrected chi connectivity index (χ3v) is 3.80. The topological polar surface area (TPSA) is 15.8 Å². The molecule has 2 heteroatoms. The van der Waals surface area contributed by atoms with Crippen LogP contribution < -0.4 is 0 Å². The quantitative estimate of drug-likeness (QED) is 0.755. The van der Waals surface area contributed by atoms with Gasteiger partial charge in [-0.25, -0.2) is 0 Å². The molecule has 0 unspecified atom stereocenters. The van der Waals surface area contributed by atoms with Gasteiger partial charge < -0.3 is 4.98 Å². The van der Waals surface area contributed by atoms with E-state index in [9.17, 15) is 0 Å². The van der Waals surface area contributed by atoms with E-state index in [1.165, 1.54) is 30.4 Å². The fourth-order valence-corrected chi connectivity index (χ4v) is 2.61. The molecular formula is C15H15NS. The number of nitrogens with one attached hydrogen (secondary N) is 1. The lowest BCUT2D eigenvalue weighted by molar-refractivity contribution is 0.420. The smallest absolute Gasteiger partial charge is 0.103 e. The van der Waals surface area contributed by atoms with Gasteiger partial charge in [0, 0.05) is 11.3 Å². The Morgan fingerprint density at radius 1 is 1.00 bits per heavy atom. The summed E-state index contributed by atoms with van der Waals surface area (Å²) in [4.78, 5) is 3.28. The average Bonchev–Trinajstić information content (AvgIpc) is 2.27. The number of hydrogen-bond acceptors (Lipinski definition) is 1. The van der Waals surface area contributed by atoms with Crippen molar-refractivity contribution in [1.29, 1.82) is 0 Å². The van der Waals surface area contributed by atoms with Crippen LogP contribution in [0.1, 0.15) is 30.7 Å². The lowest BCUT2D eigenvalue weighted by atomic mass is 9.78. The summed E-state index contributed by atoms with van der Waals surface area (Å²) in [7, 11) is 0. The lowest BCUT2D eigenvalue weighted by Gasteiger charge is -2.27. The van der Waals surface area contributed by atoms with E-state index in [2.05, 4.69) is 35.3 Å². The van der Waals surface area contributed by atoms with Crippen molar-refractivity contribution in [2.45, 2.75) is 25.2 Å². The van der Waals surface area contributed by atoms with Gasteiger partial charge in [-0.2, -0.15) is 0 Å². The van der Waals surface area contributed by atoms with E-state index >= 15 is 0 Å². The first-order chi connectivity index (χ1) is 8.34. The van der Waals surface area contributed by atoms with Gasteiger partial charge in [0.05, 0.1) is 0 Å². The highest BCUT2D eigenvalue weighted by molar-refractivity contribution is 7.71. The summed E-state index contributed by atoms with van der Waals surface area (Å²) in [6.45, 7) is 0. The summed E-state index contributed by atoms with van der Waals surface area (Å²) in [5, 5.41) is 0. The molecule has 86 valence electrons. The Balaban J connectivity index is 2.10. The third kappa shape index (κ3) is 2.05. The minimum absolute atomic E-state index is 0.744. The molecule has 0 bridgehead atoms. The zero-order chi connectivity index (χ0) is 11.7. The molecule has 1 aliphatic carbocycles. The van der Waals surface area contributed by atoms with Crippen LogP contribution in [0, 0.1) is 4.64 Å². The van der Waals surface area contributed by atoms with Crippen LogP contribution in [0.2, 0.25) is 0 Å². The Labute approximate surface area is 107 Å². The predicted molar refractivity (Wildman–Crippen MR) is 73.7 cm³/mol. The number of rotatable bonds is 2. The first-order valence-electron chi connectivity index (χ1n) is 6.13. The van der Waals surface area contributed by atoms with Crippen molar-refractivity contribution < 1.29 is 0 Å². The molecular weight excluding hydrogens is 226 g/mol. The maximum absolute atomic E-state index is 5.20. The molecule has 0 spiro atoms. The van der Waals surface area contributed by atoms with Gasteiger partial charge in [-0.05, 0) is 36.5 Å². The van der Waals surface area contributed by atoms with Gasteiger partial charge in [-0.15, -0.1) is 0 Å². The molecule has 0 aliphatic heterocycles. The SMILES string of the molecule is S=c1cccc(-c2ccccc2C2CCC2)[nH]1. The highest BCUT2D eigenvalue weighted by Gasteiger charge is 2.22. The van der Waals surface area contributed by atoms with E-state index in [0.717, 1.165) is 16.3 Å². The minimum Gasteiger partial charge on any atom is -0.346 e. The third-order valence-electron chi connectivity index (χ3n) is 3.56. The van der Waals surface area contributed by atoms with Crippen molar-refractivity contribution in [3.05, 3.63) is 52.7 Å². The fraction of sp³-hybridized carbons (Fsp3) is 0.267. The van der Waals surface area contributed by atoms with Crippen LogP contribution in [0.3, 0.4) is 0 Å². The van der Waals surface area contributed by atoms with Gasteiger partial charge in [-0.3, -0.25) is 0 Å². The molecule has 3 rings (SSSR count). The standard InChI is InChI=1S/C15H15NS/c17-15-10-4-9-14(16-15)13-8-2-1-7-12(13)11-5-3-6-11/h1-2,4,7-11H,3,5-6H2,(H,16,17). The minimum atomic E-state index is 0.744. The molecule has 0 saturated heterocycles. The maximum atomic E-state index is 5.20. The van der Waals surface area contributed by atoms with E-state index in [0.29, 0.717) is 0 Å². The Morgan fingerprint density at radius 2 is 1.82 bits per heavy atom. The van der Waals surface area contributed by atoms with Gasteiger partial charge in [0.25, 0.3) is 0 Å². The molecule has 1 heterocycles. The molecule has 1 saturated carbocycles. The second-order valence-corrected chi connectivity index (χ2v) is 5.08. The number of aromatic amines is 1. The Kier molecular flexibility index (Phi) is 2.81. The summed E-state index contributed by atoms with van der Waals surface area (Å²) in [5.74, 6) is 0.744. The van der Waals surface area contributed by atoms with E-state index < -0.39 is 0 Å². The lowest BCUT2D eigenvalue weighted by Crippen LogP contribution is -2.10. The van der Waals surface area contributed by atoms with Crippen molar-refractivity contribution in [3.63, 3.8) is 0 Å². The van der Waals surface area contributed by atoms with Crippen LogP contribution >= 0.6 is 12.2 Å². The van der Waals surface area contributed by atoms with E-state index in [4.69, 9.17) is 12.2 Å². The van der Waals surface area contributed by atoms with Gasteiger partial charge in [0.1, 0.15) is 4.64 Å². The number of benzene rings is 1. The molecule has 17 heavy (non-hydrogen) atoms. The Morgan fingerprint density at radius 3 is 2.53 bits per heavy atom. The van der Waals surface area contributed by atoms with Crippen LogP contribution in [-0.2, 0) is 0 Å². The second kappa shape index (κ2) is 4.46. The summed E-state index contributed by atoms with van der Waals surface area (Å²) in [6, 6.07) is 14.7. The maximum Gasteiger partial charge on any atom is 0.103 e. The highest BCUT2D eigenvalue weighted by Crippen LogP contribution is 2.40. The van der Waals surface area contributed by atoms with Crippen LogP contribution in [0.4, 0.5) is 0 Å². The predicted octanol–water partition coefficient (Wildman–Crippen LogP) is 4.68. The van der Waals surface area contributed by atoms with Gasteiger partial charge in [0.2, 0.25) is 0 Å². The number of pyridine rings is 1. The molecule has 1 N–H and O–H groups in total. The van der Waals surface area contributed by atoms with E-state index in [1.54, 1.807) is 0 Å². The molecule has 0 radical (unpaired) electrons. The molecule has 1 aromatic carbocycles. The molecule has 1 fully saturated rings. The zero-order valence-electron chi connectivity index (χ0n) is 9.65. The molecule has 0 amide bonds. The van der Waals surface area contributed by atoms with Crippen molar-refractivity contribution in [1.82, 2.24) is 4.98 Å². The molecule has 2 aromatic rings. The molecule has 1 nitrogen and oxygen atoms in total. The first-order valence-corrected chi connectivity index (χ1v) is 6.54. The van der Waals surface area contributed by atoms with Crippen LogP contribution in [-0.4, -0.2) is 4.98 Å². The molecule has 1 aliphatic rings. The first kappa shape index (κ1) is 10.7. The highest BCUT2D eigenvalue weighted by atomic mass is 32.1. The summed E-state index contributed by atoms with van der Waals surface area (Å²) < 4.78 is 0.797. The van der Waals surface area contributed by atoms with Gasteiger partial charge >= 0.3 is 0 Å². The zero-order valence-corrected chi connectivity index (χ0v) is 10.5. The molecule has 0 atom stereocenters. The largest absolute Gasteiger partial charge is 0.346 e. The van der Waals surface area contributed by atoms with Crippen molar-refractivity contribution in [3.8, 4) is 11.3 Å². The monoisotopic (exact) mass is 241 g/mol. The van der Waals surface area contributed by atoms with Crippen molar-refractivity contribution >= 4 is 12.2 Å². The van der Waals surface area contributed by atoms with Crippen molar-refractivity contribution in [2.24, 2.45) is 0 Å². The van der Waals surface area contributed by atoms with Gasteiger partial charge in [0.15, 0.2) is 0 Å². The summed E-state index contributed by atoms with van der Waals surface area (Å²) in [5.41, 5.74) is 3.92. The van der Waals surface area contributed by atoms with Crippen LogP contribution in [0.5, 0.6) is 0 Å². The Hall–Kier alpha value is -1.41. The summed E-state index contributed by atoms with van der Waals surface area (Å²) in [6.07, 6.45) is 4.01. The molecule has 1 aromatic heterocycles. The van der Waals surface area contributed by atoms with E-state index in [1.807, 2.05) is 12.1 Å². The normalized spacial score (nSPS) is 15.5. The van der Waals surface area contributed by atoms with Crippen molar-refractivity contribution in [2.75, 3.05) is 0 Å². The van der Waals surface area contributed by atoms with Crippen LogP contribution in [0.15, 0.2) is 42.5 Å². The average molecular weight is 241 g/mol. The van der Waals surface area contributed by atoms with Gasteiger partial charge in [-0.1, -0.05) is 49.0 Å². The fourth-order valence-electron chi connectivity index (χ4n) is 2.42. The number of hydrogen-bond donors (Lipinski definition) is 1. The second-order valence-electron chi connectivity index (χ2n) is 4.64. The van der Waals surface area contributed by atoms with Crippen LogP contribution in [0.25, 0.3) is 11.3 Å².